The third-order valence-electron chi connectivity index (χ3n) is 3.62. The number of amides is 1. The second-order valence-corrected chi connectivity index (χ2v) is 4.91. The predicted octanol–water partition coefficient (Wildman–Crippen LogP) is 0.415. The average Bonchev–Trinajstić information content (AvgIpc) is 3.14. The first-order valence-electron chi connectivity index (χ1n) is 6.82. The van der Waals surface area contributed by atoms with Gasteiger partial charge in [-0.2, -0.15) is 0 Å². The highest BCUT2D eigenvalue weighted by Crippen LogP contribution is 2.15. The standard InChI is InChI=1S/C13H18N6O/c1-2-8(12-14-3-4-15-12)19-13(20)10-5-9-11(6-16-10)18-7-17-9/h3-4,7-8,10,16H,2,5-6H2,1H3,(H,14,15)(H,17,18)(H,19,20). The van der Waals surface area contributed by atoms with E-state index in [1.54, 1.807) is 18.7 Å². The molecule has 7 nitrogen and oxygen atoms in total. The zero-order chi connectivity index (χ0) is 13.9. The summed E-state index contributed by atoms with van der Waals surface area (Å²) in [4.78, 5) is 26.9. The van der Waals surface area contributed by atoms with Gasteiger partial charge >= 0.3 is 0 Å². The fraction of sp³-hybridized carbons (Fsp3) is 0.462. The van der Waals surface area contributed by atoms with Gasteiger partial charge in [0.05, 0.1) is 29.8 Å². The Hall–Kier alpha value is -2.15. The van der Waals surface area contributed by atoms with Gasteiger partial charge in [0.1, 0.15) is 5.82 Å². The van der Waals surface area contributed by atoms with Gasteiger partial charge in [-0.15, -0.1) is 0 Å². The number of nitrogens with zero attached hydrogens (tertiary/aromatic N) is 2. The number of carbonyl (C=O) groups is 1. The topological polar surface area (TPSA) is 98.5 Å². The minimum Gasteiger partial charge on any atom is -0.347 e. The molecule has 1 aliphatic heterocycles. The fourth-order valence-corrected chi connectivity index (χ4v) is 2.46. The van der Waals surface area contributed by atoms with Gasteiger partial charge in [0.2, 0.25) is 5.91 Å². The van der Waals surface area contributed by atoms with Crippen LogP contribution in [0.4, 0.5) is 0 Å². The third kappa shape index (κ3) is 2.44. The molecular weight excluding hydrogens is 256 g/mol. The molecule has 0 bridgehead atoms. The second kappa shape index (κ2) is 5.46. The molecular formula is C13H18N6O. The Morgan fingerprint density at radius 3 is 3.15 bits per heavy atom. The van der Waals surface area contributed by atoms with Crippen LogP contribution in [0.2, 0.25) is 0 Å². The molecule has 4 N–H and O–H groups in total. The number of aromatic amines is 2. The molecule has 1 aliphatic rings. The number of hydrogen-bond donors (Lipinski definition) is 4. The molecule has 0 aromatic carbocycles. The normalized spacial score (nSPS) is 19.4. The van der Waals surface area contributed by atoms with Crippen LogP contribution in [0.5, 0.6) is 0 Å². The Bertz CT molecular complexity index is 575. The number of hydrogen-bond acceptors (Lipinski definition) is 4. The number of imidazole rings is 2. The van der Waals surface area contributed by atoms with Crippen molar-refractivity contribution in [2.24, 2.45) is 0 Å². The monoisotopic (exact) mass is 274 g/mol. The lowest BCUT2D eigenvalue weighted by Crippen LogP contribution is -2.48. The number of fused-ring (bicyclic) bond motifs is 1. The zero-order valence-electron chi connectivity index (χ0n) is 11.3. The Balaban J connectivity index is 1.65. The molecule has 1 amide bonds. The highest BCUT2D eigenvalue weighted by molar-refractivity contribution is 5.82. The summed E-state index contributed by atoms with van der Waals surface area (Å²) in [5, 5.41) is 6.25. The summed E-state index contributed by atoms with van der Waals surface area (Å²) in [6, 6.07) is -0.324. The molecule has 106 valence electrons. The highest BCUT2D eigenvalue weighted by Gasteiger charge is 2.27. The van der Waals surface area contributed by atoms with Crippen molar-refractivity contribution in [3.63, 3.8) is 0 Å². The van der Waals surface area contributed by atoms with Gasteiger partial charge < -0.3 is 15.3 Å². The molecule has 2 aromatic rings. The minimum absolute atomic E-state index is 0.0121. The van der Waals surface area contributed by atoms with Crippen molar-refractivity contribution in [1.82, 2.24) is 30.6 Å². The lowest BCUT2D eigenvalue weighted by molar-refractivity contribution is -0.124. The first kappa shape index (κ1) is 12.9. The maximum atomic E-state index is 12.3. The molecule has 3 rings (SSSR count). The smallest absolute Gasteiger partial charge is 0.238 e. The van der Waals surface area contributed by atoms with Gasteiger partial charge in [0.25, 0.3) is 0 Å². The first-order valence-corrected chi connectivity index (χ1v) is 6.82. The highest BCUT2D eigenvalue weighted by atomic mass is 16.2. The Kier molecular flexibility index (Phi) is 3.51. The molecule has 7 heteroatoms. The Morgan fingerprint density at radius 1 is 1.50 bits per heavy atom. The molecule has 3 heterocycles. The van der Waals surface area contributed by atoms with Gasteiger partial charge in [-0.3, -0.25) is 10.1 Å². The summed E-state index contributed by atoms with van der Waals surface area (Å²) in [5.74, 6) is 0.777. The van der Waals surface area contributed by atoms with Crippen LogP contribution in [0.15, 0.2) is 18.7 Å². The molecule has 0 radical (unpaired) electrons. The van der Waals surface area contributed by atoms with Crippen molar-refractivity contribution in [1.29, 1.82) is 0 Å². The van der Waals surface area contributed by atoms with Crippen molar-refractivity contribution < 1.29 is 4.79 Å². The number of H-pyrrole nitrogens is 2. The van der Waals surface area contributed by atoms with Gasteiger partial charge in [0.15, 0.2) is 0 Å². The quantitative estimate of drug-likeness (QED) is 0.649. The van der Waals surface area contributed by atoms with Crippen LogP contribution in [-0.4, -0.2) is 31.9 Å². The number of carbonyl (C=O) groups excluding carboxylic acids is 1. The maximum Gasteiger partial charge on any atom is 0.238 e. The lowest BCUT2D eigenvalue weighted by atomic mass is 10.0. The van der Waals surface area contributed by atoms with Crippen molar-refractivity contribution >= 4 is 5.91 Å². The molecule has 0 aliphatic carbocycles. The molecule has 2 unspecified atom stereocenters. The molecule has 0 spiro atoms. The summed E-state index contributed by atoms with van der Waals surface area (Å²) in [5.41, 5.74) is 2.03. The van der Waals surface area contributed by atoms with E-state index in [0.29, 0.717) is 13.0 Å². The lowest BCUT2D eigenvalue weighted by Gasteiger charge is -2.24. The van der Waals surface area contributed by atoms with E-state index >= 15 is 0 Å². The van der Waals surface area contributed by atoms with Crippen LogP contribution in [0.25, 0.3) is 0 Å². The Labute approximate surface area is 116 Å². The summed E-state index contributed by atoms with van der Waals surface area (Å²) < 4.78 is 0. The summed E-state index contributed by atoms with van der Waals surface area (Å²) in [7, 11) is 0. The molecule has 2 atom stereocenters. The zero-order valence-corrected chi connectivity index (χ0v) is 11.3. The van der Waals surface area contributed by atoms with Gasteiger partial charge in [-0.05, 0) is 6.42 Å². The summed E-state index contributed by atoms with van der Waals surface area (Å²) in [6.45, 7) is 2.67. The molecule has 2 aromatic heterocycles. The first-order chi connectivity index (χ1) is 9.78. The van der Waals surface area contributed by atoms with E-state index in [9.17, 15) is 4.79 Å². The van der Waals surface area contributed by atoms with E-state index in [2.05, 4.69) is 30.6 Å². The van der Waals surface area contributed by atoms with Crippen molar-refractivity contribution in [2.45, 2.75) is 38.4 Å². The molecule has 0 fully saturated rings. The number of nitrogens with one attached hydrogen (secondary N) is 4. The third-order valence-corrected chi connectivity index (χ3v) is 3.62. The summed E-state index contributed by atoms with van der Waals surface area (Å²) >= 11 is 0. The predicted molar refractivity (Wildman–Crippen MR) is 72.7 cm³/mol. The van der Waals surface area contributed by atoms with Crippen LogP contribution in [-0.2, 0) is 17.8 Å². The van der Waals surface area contributed by atoms with Crippen LogP contribution in [0, 0.1) is 0 Å². The average molecular weight is 274 g/mol. The van der Waals surface area contributed by atoms with Gasteiger partial charge in [0, 0.05) is 25.4 Å². The van der Waals surface area contributed by atoms with E-state index in [-0.39, 0.29) is 18.0 Å². The SMILES string of the molecule is CCC(NC(=O)C1Cc2nc[nH]c2CN1)c1ncc[nH]1. The number of aromatic nitrogens is 4. The van der Waals surface area contributed by atoms with E-state index in [1.165, 1.54) is 0 Å². The molecule has 20 heavy (non-hydrogen) atoms. The van der Waals surface area contributed by atoms with E-state index in [1.807, 2.05) is 6.92 Å². The van der Waals surface area contributed by atoms with Crippen LogP contribution in [0.1, 0.15) is 36.6 Å². The Morgan fingerprint density at radius 2 is 2.40 bits per heavy atom. The largest absolute Gasteiger partial charge is 0.347 e. The second-order valence-electron chi connectivity index (χ2n) is 4.91. The molecule has 0 saturated heterocycles. The van der Waals surface area contributed by atoms with Crippen LogP contribution >= 0.6 is 0 Å². The van der Waals surface area contributed by atoms with Crippen molar-refractivity contribution in [2.75, 3.05) is 0 Å². The minimum atomic E-state index is -0.241. The fourth-order valence-electron chi connectivity index (χ4n) is 2.46. The van der Waals surface area contributed by atoms with E-state index in [0.717, 1.165) is 23.6 Å². The van der Waals surface area contributed by atoms with Crippen LogP contribution < -0.4 is 10.6 Å². The molecule has 0 saturated carbocycles. The van der Waals surface area contributed by atoms with E-state index < -0.39 is 0 Å². The van der Waals surface area contributed by atoms with Crippen molar-refractivity contribution in [3.05, 3.63) is 35.9 Å². The maximum absolute atomic E-state index is 12.3. The summed E-state index contributed by atoms with van der Waals surface area (Å²) in [6.07, 6.45) is 6.53. The van der Waals surface area contributed by atoms with E-state index in [4.69, 9.17) is 0 Å². The van der Waals surface area contributed by atoms with Crippen LogP contribution in [0.3, 0.4) is 0 Å². The van der Waals surface area contributed by atoms with Crippen molar-refractivity contribution in [3.8, 4) is 0 Å². The van der Waals surface area contributed by atoms with Gasteiger partial charge in [-0.25, -0.2) is 9.97 Å². The number of rotatable bonds is 4. The van der Waals surface area contributed by atoms with Gasteiger partial charge in [-0.1, -0.05) is 6.92 Å².